The second kappa shape index (κ2) is 6.53. The van der Waals surface area contributed by atoms with Crippen molar-refractivity contribution in [2.45, 2.75) is 19.4 Å². The summed E-state index contributed by atoms with van der Waals surface area (Å²) in [6.07, 6.45) is 2.58. The van der Waals surface area contributed by atoms with E-state index in [1.54, 1.807) is 0 Å². The molecular formula is C15H21N3. The molecule has 1 aromatic carbocycles. The fourth-order valence-electron chi connectivity index (χ4n) is 2.58. The van der Waals surface area contributed by atoms with Crippen molar-refractivity contribution in [2.75, 3.05) is 26.7 Å². The van der Waals surface area contributed by atoms with Crippen molar-refractivity contribution in [3.05, 3.63) is 35.4 Å². The number of nitrogens with one attached hydrogen (secondary N) is 1. The molecule has 1 aromatic rings. The second-order valence-electron chi connectivity index (χ2n) is 5.09. The average Bonchev–Trinajstić information content (AvgIpc) is 2.42. The van der Waals surface area contributed by atoms with Gasteiger partial charge >= 0.3 is 0 Å². The number of nitrogens with zero attached hydrogens (tertiary/aromatic N) is 2. The molecule has 18 heavy (non-hydrogen) atoms. The highest BCUT2D eigenvalue weighted by Gasteiger charge is 2.18. The van der Waals surface area contributed by atoms with E-state index in [9.17, 15) is 0 Å². The van der Waals surface area contributed by atoms with Crippen LogP contribution in [0.2, 0.25) is 0 Å². The Hall–Kier alpha value is -1.37. The molecule has 0 aliphatic carbocycles. The van der Waals surface area contributed by atoms with Gasteiger partial charge in [0.1, 0.15) is 0 Å². The summed E-state index contributed by atoms with van der Waals surface area (Å²) in [6.45, 7) is 4.53. The first-order valence-electron chi connectivity index (χ1n) is 6.68. The van der Waals surface area contributed by atoms with Gasteiger partial charge in [-0.05, 0) is 63.1 Å². The normalized spacial score (nSPS) is 17.6. The summed E-state index contributed by atoms with van der Waals surface area (Å²) in [7, 11) is 2.03. The van der Waals surface area contributed by atoms with Gasteiger partial charge < -0.3 is 5.32 Å². The number of hydrogen-bond donors (Lipinski definition) is 1. The molecule has 1 heterocycles. The van der Waals surface area contributed by atoms with Gasteiger partial charge in [0, 0.05) is 6.54 Å². The van der Waals surface area contributed by atoms with Gasteiger partial charge in [-0.1, -0.05) is 12.1 Å². The van der Waals surface area contributed by atoms with Gasteiger partial charge in [0.15, 0.2) is 0 Å². The molecule has 1 aliphatic rings. The van der Waals surface area contributed by atoms with Crippen molar-refractivity contribution < 1.29 is 0 Å². The van der Waals surface area contributed by atoms with Crippen molar-refractivity contribution in [2.24, 2.45) is 5.92 Å². The molecule has 2 rings (SSSR count). The van der Waals surface area contributed by atoms with Gasteiger partial charge in [-0.2, -0.15) is 5.26 Å². The zero-order valence-corrected chi connectivity index (χ0v) is 11.0. The first-order chi connectivity index (χ1) is 8.81. The number of benzene rings is 1. The molecular weight excluding hydrogens is 222 g/mol. The summed E-state index contributed by atoms with van der Waals surface area (Å²) in [4.78, 5) is 2.51. The zero-order valence-electron chi connectivity index (χ0n) is 11.0. The van der Waals surface area contributed by atoms with E-state index in [4.69, 9.17) is 5.26 Å². The van der Waals surface area contributed by atoms with Gasteiger partial charge in [-0.25, -0.2) is 0 Å². The van der Waals surface area contributed by atoms with Crippen LogP contribution in [-0.2, 0) is 6.54 Å². The fraction of sp³-hybridized carbons (Fsp3) is 0.533. The van der Waals surface area contributed by atoms with Crippen LogP contribution >= 0.6 is 0 Å². The topological polar surface area (TPSA) is 39.1 Å². The van der Waals surface area contributed by atoms with Crippen molar-refractivity contribution in [1.82, 2.24) is 10.2 Å². The van der Waals surface area contributed by atoms with Crippen LogP contribution in [0.4, 0.5) is 0 Å². The van der Waals surface area contributed by atoms with Crippen LogP contribution < -0.4 is 5.32 Å². The molecule has 3 heteroatoms. The Balaban J connectivity index is 1.82. The average molecular weight is 243 g/mol. The van der Waals surface area contributed by atoms with E-state index in [0.717, 1.165) is 24.6 Å². The highest BCUT2D eigenvalue weighted by Crippen LogP contribution is 2.18. The minimum Gasteiger partial charge on any atom is -0.319 e. The van der Waals surface area contributed by atoms with E-state index in [0.29, 0.717) is 0 Å². The second-order valence-corrected chi connectivity index (χ2v) is 5.09. The van der Waals surface area contributed by atoms with Crippen LogP contribution in [0, 0.1) is 17.2 Å². The van der Waals surface area contributed by atoms with E-state index >= 15 is 0 Å². The molecule has 1 aliphatic heterocycles. The molecule has 0 saturated carbocycles. The van der Waals surface area contributed by atoms with Crippen LogP contribution in [-0.4, -0.2) is 31.6 Å². The monoisotopic (exact) mass is 243 g/mol. The van der Waals surface area contributed by atoms with Crippen molar-refractivity contribution in [1.29, 1.82) is 5.26 Å². The Morgan fingerprint density at radius 2 is 1.94 bits per heavy atom. The minimum atomic E-state index is 0.742. The van der Waals surface area contributed by atoms with Crippen molar-refractivity contribution >= 4 is 0 Å². The third-order valence-electron chi connectivity index (χ3n) is 3.69. The van der Waals surface area contributed by atoms with E-state index in [2.05, 4.69) is 28.4 Å². The Morgan fingerprint density at radius 3 is 2.50 bits per heavy atom. The van der Waals surface area contributed by atoms with Crippen molar-refractivity contribution in [3.63, 3.8) is 0 Å². The van der Waals surface area contributed by atoms with Crippen LogP contribution in [0.5, 0.6) is 0 Å². The molecule has 0 spiro atoms. The largest absolute Gasteiger partial charge is 0.319 e. The van der Waals surface area contributed by atoms with Crippen LogP contribution in [0.3, 0.4) is 0 Å². The number of likely N-dealkylation sites (tertiary alicyclic amines) is 1. The molecule has 1 fully saturated rings. The Labute approximate surface area is 109 Å². The maximum Gasteiger partial charge on any atom is 0.0991 e. The lowest BCUT2D eigenvalue weighted by molar-refractivity contribution is 0.177. The zero-order chi connectivity index (χ0) is 12.8. The Morgan fingerprint density at radius 1 is 1.28 bits per heavy atom. The summed E-state index contributed by atoms with van der Waals surface area (Å²) in [5.41, 5.74) is 2.05. The molecule has 96 valence electrons. The molecule has 0 unspecified atom stereocenters. The van der Waals surface area contributed by atoms with E-state index < -0.39 is 0 Å². The molecule has 0 radical (unpaired) electrons. The fourth-order valence-corrected chi connectivity index (χ4v) is 2.58. The third-order valence-corrected chi connectivity index (χ3v) is 3.69. The summed E-state index contributed by atoms with van der Waals surface area (Å²) in [5.74, 6) is 0.840. The van der Waals surface area contributed by atoms with Crippen LogP contribution in [0.1, 0.15) is 24.0 Å². The smallest absolute Gasteiger partial charge is 0.0991 e. The third kappa shape index (κ3) is 3.56. The Kier molecular flexibility index (Phi) is 4.74. The quantitative estimate of drug-likeness (QED) is 0.879. The molecule has 0 atom stereocenters. The number of piperidine rings is 1. The van der Waals surface area contributed by atoms with Gasteiger partial charge in [0.05, 0.1) is 11.6 Å². The molecule has 0 amide bonds. The molecule has 1 saturated heterocycles. The highest BCUT2D eigenvalue weighted by molar-refractivity contribution is 5.31. The minimum absolute atomic E-state index is 0.742. The molecule has 3 nitrogen and oxygen atoms in total. The first kappa shape index (κ1) is 13.1. The van der Waals surface area contributed by atoms with E-state index in [1.165, 1.54) is 31.5 Å². The lowest BCUT2D eigenvalue weighted by Crippen LogP contribution is -2.36. The van der Waals surface area contributed by atoms with Crippen LogP contribution in [0.25, 0.3) is 0 Å². The maximum absolute atomic E-state index is 8.76. The lowest BCUT2D eigenvalue weighted by Gasteiger charge is -2.31. The first-order valence-corrected chi connectivity index (χ1v) is 6.68. The Bertz CT molecular complexity index is 397. The van der Waals surface area contributed by atoms with Crippen LogP contribution in [0.15, 0.2) is 24.3 Å². The predicted molar refractivity (Wildman–Crippen MR) is 73.1 cm³/mol. The number of nitriles is 1. The van der Waals surface area contributed by atoms with Gasteiger partial charge in [0.2, 0.25) is 0 Å². The predicted octanol–water partition coefficient (Wildman–Crippen LogP) is 1.99. The SMILES string of the molecule is CNCC1CCN(Cc2ccc(C#N)cc2)CC1. The summed E-state index contributed by atoms with van der Waals surface area (Å²) >= 11 is 0. The number of hydrogen-bond acceptors (Lipinski definition) is 3. The highest BCUT2D eigenvalue weighted by atomic mass is 15.1. The van der Waals surface area contributed by atoms with E-state index in [-0.39, 0.29) is 0 Å². The standard InChI is InChI=1S/C15H21N3/c1-17-11-14-6-8-18(9-7-14)12-15-4-2-13(10-16)3-5-15/h2-5,14,17H,6-9,11-12H2,1H3. The summed E-state index contributed by atoms with van der Waals surface area (Å²) in [6, 6.07) is 10.1. The molecule has 0 aromatic heterocycles. The van der Waals surface area contributed by atoms with E-state index in [1.807, 2.05) is 19.2 Å². The van der Waals surface area contributed by atoms with Gasteiger partial charge in [-0.15, -0.1) is 0 Å². The summed E-state index contributed by atoms with van der Waals surface area (Å²) in [5, 5.41) is 12.0. The van der Waals surface area contributed by atoms with Crippen molar-refractivity contribution in [3.8, 4) is 6.07 Å². The van der Waals surface area contributed by atoms with Gasteiger partial charge in [-0.3, -0.25) is 4.90 Å². The maximum atomic E-state index is 8.76. The van der Waals surface area contributed by atoms with Gasteiger partial charge in [0.25, 0.3) is 0 Å². The lowest BCUT2D eigenvalue weighted by atomic mass is 9.96. The molecule has 0 bridgehead atoms. The molecule has 1 N–H and O–H groups in total. The summed E-state index contributed by atoms with van der Waals surface area (Å²) < 4.78 is 0. The number of rotatable bonds is 4.